The van der Waals surface area contributed by atoms with Gasteiger partial charge < -0.3 is 19.5 Å². The second-order valence-electron chi connectivity index (χ2n) is 7.21. The number of rotatable bonds is 8. The lowest BCUT2D eigenvalue weighted by molar-refractivity contribution is -0.137. The number of carbonyl (C=O) groups excluding carboxylic acids is 1. The van der Waals surface area contributed by atoms with E-state index in [1.54, 1.807) is 37.4 Å². The molecule has 35 heavy (non-hydrogen) atoms. The number of aromatic nitrogens is 4. The molecule has 0 atom stereocenters. The fourth-order valence-corrected chi connectivity index (χ4v) is 3.26. The van der Waals surface area contributed by atoms with E-state index < -0.39 is 17.6 Å². The van der Waals surface area contributed by atoms with Crippen LogP contribution in [-0.4, -0.2) is 53.1 Å². The highest BCUT2D eigenvalue weighted by molar-refractivity contribution is 5.94. The zero-order chi connectivity index (χ0) is 25.0. The Labute approximate surface area is 197 Å². The number of hydrogen-bond acceptors (Lipinski definition) is 7. The van der Waals surface area contributed by atoms with Crippen LogP contribution in [0.1, 0.15) is 15.9 Å². The van der Waals surface area contributed by atoms with Crippen LogP contribution in [0.5, 0.6) is 17.4 Å². The van der Waals surface area contributed by atoms with E-state index in [1.165, 1.54) is 23.8 Å². The number of methoxy groups -OCH3 is 2. The van der Waals surface area contributed by atoms with Crippen LogP contribution in [0.2, 0.25) is 0 Å². The highest BCUT2D eigenvalue weighted by atomic mass is 19.4. The van der Waals surface area contributed by atoms with Crippen LogP contribution in [0.4, 0.5) is 13.2 Å². The number of fused-ring (bicyclic) bond motifs is 1. The van der Waals surface area contributed by atoms with Crippen molar-refractivity contribution in [3.63, 3.8) is 0 Å². The summed E-state index contributed by atoms with van der Waals surface area (Å²) in [6, 6.07) is 12.7. The van der Waals surface area contributed by atoms with Gasteiger partial charge in [0.15, 0.2) is 11.5 Å². The molecule has 1 amide bonds. The minimum absolute atomic E-state index is 0.0343. The van der Waals surface area contributed by atoms with Crippen LogP contribution in [-0.2, 0) is 6.18 Å². The van der Waals surface area contributed by atoms with Crippen LogP contribution >= 0.6 is 0 Å². The SMILES string of the molecule is COc1ccc(-c2nnc3ccc(OCCNC(=O)c4cccc(C(F)(F)F)c4)nn23)c(OC)c1. The van der Waals surface area contributed by atoms with Crippen molar-refractivity contribution in [2.75, 3.05) is 27.4 Å². The smallest absolute Gasteiger partial charge is 0.416 e. The third kappa shape index (κ3) is 5.26. The summed E-state index contributed by atoms with van der Waals surface area (Å²) in [7, 11) is 3.07. The van der Waals surface area contributed by atoms with E-state index in [2.05, 4.69) is 20.6 Å². The maximum absolute atomic E-state index is 12.8. The normalized spacial score (nSPS) is 11.3. The Bertz CT molecular complexity index is 1360. The molecular formula is C23H20F3N5O4. The van der Waals surface area contributed by atoms with Crippen LogP contribution in [0, 0.1) is 0 Å². The van der Waals surface area contributed by atoms with Gasteiger partial charge in [-0.05, 0) is 36.4 Å². The monoisotopic (exact) mass is 487 g/mol. The van der Waals surface area contributed by atoms with Crippen LogP contribution in [0.3, 0.4) is 0 Å². The number of carbonyl (C=O) groups is 1. The Kier molecular flexibility index (Phi) is 6.71. The van der Waals surface area contributed by atoms with Crippen molar-refractivity contribution in [1.29, 1.82) is 0 Å². The molecular weight excluding hydrogens is 467 g/mol. The van der Waals surface area contributed by atoms with E-state index in [0.29, 0.717) is 28.5 Å². The number of hydrogen-bond donors (Lipinski definition) is 1. The number of alkyl halides is 3. The lowest BCUT2D eigenvalue weighted by atomic mass is 10.1. The van der Waals surface area contributed by atoms with E-state index in [4.69, 9.17) is 14.2 Å². The molecule has 2 heterocycles. The van der Waals surface area contributed by atoms with Gasteiger partial charge in [0.25, 0.3) is 5.91 Å². The molecule has 182 valence electrons. The topological polar surface area (TPSA) is 99.9 Å². The zero-order valence-corrected chi connectivity index (χ0v) is 18.7. The summed E-state index contributed by atoms with van der Waals surface area (Å²) < 4.78 is 56.3. The third-order valence-corrected chi connectivity index (χ3v) is 4.98. The van der Waals surface area contributed by atoms with Crippen molar-refractivity contribution in [3.8, 4) is 28.8 Å². The van der Waals surface area contributed by atoms with Gasteiger partial charge in [-0.2, -0.15) is 17.7 Å². The van der Waals surface area contributed by atoms with Crippen molar-refractivity contribution in [2.24, 2.45) is 0 Å². The lowest BCUT2D eigenvalue weighted by Crippen LogP contribution is -2.28. The molecule has 0 saturated carbocycles. The number of amides is 1. The quantitative estimate of drug-likeness (QED) is 0.379. The van der Waals surface area contributed by atoms with Gasteiger partial charge in [0, 0.05) is 17.7 Å². The first-order valence-electron chi connectivity index (χ1n) is 10.3. The average Bonchev–Trinajstić information content (AvgIpc) is 3.28. The third-order valence-electron chi connectivity index (χ3n) is 4.98. The first-order chi connectivity index (χ1) is 16.8. The van der Waals surface area contributed by atoms with Gasteiger partial charge >= 0.3 is 6.18 Å². The first-order valence-corrected chi connectivity index (χ1v) is 10.3. The zero-order valence-electron chi connectivity index (χ0n) is 18.7. The molecule has 0 saturated heterocycles. The van der Waals surface area contributed by atoms with Gasteiger partial charge in [0.05, 0.1) is 31.9 Å². The molecule has 4 aromatic rings. The second kappa shape index (κ2) is 9.87. The number of nitrogens with one attached hydrogen (secondary N) is 1. The van der Waals surface area contributed by atoms with Crippen molar-refractivity contribution in [3.05, 3.63) is 65.7 Å². The average molecular weight is 487 g/mol. The molecule has 0 aliphatic rings. The highest BCUT2D eigenvalue weighted by Gasteiger charge is 2.30. The molecule has 9 nitrogen and oxygen atoms in total. The summed E-state index contributed by atoms with van der Waals surface area (Å²) in [6.07, 6.45) is -4.53. The van der Waals surface area contributed by atoms with E-state index in [0.717, 1.165) is 12.1 Å². The largest absolute Gasteiger partial charge is 0.497 e. The number of halogens is 3. The van der Waals surface area contributed by atoms with Gasteiger partial charge in [-0.25, -0.2) is 0 Å². The van der Waals surface area contributed by atoms with E-state index in [1.807, 2.05) is 0 Å². The Balaban J connectivity index is 1.43. The summed E-state index contributed by atoms with van der Waals surface area (Å²) in [5.74, 6) is 1.14. The van der Waals surface area contributed by atoms with E-state index in [-0.39, 0.29) is 24.6 Å². The molecule has 0 bridgehead atoms. The molecule has 2 aromatic carbocycles. The predicted octanol–water partition coefficient (Wildman–Crippen LogP) is 3.64. The fourth-order valence-electron chi connectivity index (χ4n) is 3.26. The molecule has 2 aromatic heterocycles. The van der Waals surface area contributed by atoms with Crippen LogP contribution in [0.15, 0.2) is 54.6 Å². The van der Waals surface area contributed by atoms with Crippen LogP contribution in [0.25, 0.3) is 17.0 Å². The van der Waals surface area contributed by atoms with Crippen molar-refractivity contribution >= 4 is 11.6 Å². The Morgan fingerprint density at radius 1 is 1.03 bits per heavy atom. The molecule has 0 unspecified atom stereocenters. The highest BCUT2D eigenvalue weighted by Crippen LogP contribution is 2.32. The van der Waals surface area contributed by atoms with Crippen molar-refractivity contribution in [2.45, 2.75) is 6.18 Å². The first kappa shape index (κ1) is 23.8. The minimum atomic E-state index is -4.53. The summed E-state index contributed by atoms with van der Waals surface area (Å²) in [5, 5.41) is 15.2. The van der Waals surface area contributed by atoms with Gasteiger partial charge in [-0.3, -0.25) is 4.79 Å². The molecule has 1 N–H and O–H groups in total. The van der Waals surface area contributed by atoms with Crippen LogP contribution < -0.4 is 19.5 Å². The fraction of sp³-hybridized carbons (Fsp3) is 0.217. The Hall–Kier alpha value is -4.35. The second-order valence-corrected chi connectivity index (χ2v) is 7.21. The summed E-state index contributed by atoms with van der Waals surface area (Å²) in [4.78, 5) is 12.2. The molecule has 12 heteroatoms. The van der Waals surface area contributed by atoms with Gasteiger partial charge in [0.1, 0.15) is 18.1 Å². The minimum Gasteiger partial charge on any atom is -0.497 e. The molecule has 0 aliphatic carbocycles. The van der Waals surface area contributed by atoms with Gasteiger partial charge in [-0.15, -0.1) is 15.3 Å². The maximum Gasteiger partial charge on any atom is 0.416 e. The Morgan fingerprint density at radius 3 is 2.60 bits per heavy atom. The number of benzene rings is 2. The van der Waals surface area contributed by atoms with Crippen molar-refractivity contribution in [1.82, 2.24) is 25.1 Å². The van der Waals surface area contributed by atoms with E-state index in [9.17, 15) is 18.0 Å². The van der Waals surface area contributed by atoms with E-state index >= 15 is 0 Å². The van der Waals surface area contributed by atoms with Gasteiger partial charge in [0.2, 0.25) is 5.88 Å². The molecule has 0 radical (unpaired) electrons. The number of nitrogens with zero attached hydrogens (tertiary/aromatic N) is 4. The summed E-state index contributed by atoms with van der Waals surface area (Å²) in [5.41, 5.74) is 0.126. The molecule has 0 spiro atoms. The molecule has 0 fully saturated rings. The number of ether oxygens (including phenoxy) is 3. The maximum atomic E-state index is 12.8. The molecule has 0 aliphatic heterocycles. The standard InChI is InChI=1S/C23H20F3N5O4/c1-33-16-6-7-17(18(13-16)34-2)21-29-28-19-8-9-20(30-31(19)21)35-11-10-27-22(32)14-4-3-5-15(12-14)23(24,25)26/h3-9,12-13H,10-11H2,1-2H3,(H,27,32). The lowest BCUT2D eigenvalue weighted by Gasteiger charge is -2.10. The molecule has 4 rings (SSSR count). The van der Waals surface area contributed by atoms with Gasteiger partial charge in [-0.1, -0.05) is 6.07 Å². The van der Waals surface area contributed by atoms with Crippen molar-refractivity contribution < 1.29 is 32.2 Å². The summed E-state index contributed by atoms with van der Waals surface area (Å²) >= 11 is 0. The Morgan fingerprint density at radius 2 is 1.86 bits per heavy atom. The predicted molar refractivity (Wildman–Crippen MR) is 119 cm³/mol. The summed E-state index contributed by atoms with van der Waals surface area (Å²) in [6.45, 7) is 0.0860.